The maximum absolute atomic E-state index is 9.04. The van der Waals surface area contributed by atoms with Gasteiger partial charge in [-0.25, -0.2) is 9.97 Å². The van der Waals surface area contributed by atoms with Crippen LogP contribution in [0.15, 0.2) is 42.9 Å². The summed E-state index contributed by atoms with van der Waals surface area (Å²) in [4.78, 5) is 9.94. The lowest BCUT2D eigenvalue weighted by Crippen LogP contribution is -2.29. The van der Waals surface area contributed by atoms with Crippen LogP contribution in [0.3, 0.4) is 0 Å². The standard InChI is InChI=1S/C16H19N3O2/c20-11-9-19(10-12-21)16-5-2-14(3-6-16)1-4-15-7-8-17-13-18-15/h1-8,13,20-21H,9-12H2/b4-1+. The fraction of sp³-hybridized carbons (Fsp3) is 0.250. The van der Waals surface area contributed by atoms with Gasteiger partial charge in [-0.05, 0) is 29.8 Å². The normalized spacial score (nSPS) is 11.0. The van der Waals surface area contributed by atoms with E-state index in [1.54, 1.807) is 6.20 Å². The van der Waals surface area contributed by atoms with Crippen molar-refractivity contribution in [1.29, 1.82) is 0 Å². The molecule has 1 heterocycles. The molecule has 2 aromatic rings. The molecule has 0 aliphatic heterocycles. The molecular weight excluding hydrogens is 266 g/mol. The molecule has 0 bridgehead atoms. The largest absolute Gasteiger partial charge is 0.395 e. The zero-order valence-corrected chi connectivity index (χ0v) is 11.8. The highest BCUT2D eigenvalue weighted by Crippen LogP contribution is 2.16. The summed E-state index contributed by atoms with van der Waals surface area (Å²) in [5.74, 6) is 0. The molecule has 0 atom stereocenters. The molecule has 0 aliphatic rings. The van der Waals surface area contributed by atoms with Crippen molar-refractivity contribution in [1.82, 2.24) is 9.97 Å². The van der Waals surface area contributed by atoms with Crippen LogP contribution >= 0.6 is 0 Å². The molecule has 2 rings (SSSR count). The molecule has 0 radical (unpaired) electrons. The Bertz CT molecular complexity index is 549. The summed E-state index contributed by atoms with van der Waals surface area (Å²) >= 11 is 0. The minimum Gasteiger partial charge on any atom is -0.395 e. The smallest absolute Gasteiger partial charge is 0.115 e. The summed E-state index contributed by atoms with van der Waals surface area (Å²) in [6.45, 7) is 1.15. The molecule has 0 fully saturated rings. The predicted molar refractivity (Wildman–Crippen MR) is 83.8 cm³/mol. The first kappa shape index (κ1) is 15.2. The summed E-state index contributed by atoms with van der Waals surface area (Å²) in [6, 6.07) is 9.79. The second kappa shape index (κ2) is 8.14. The number of aliphatic hydroxyl groups excluding tert-OH is 2. The number of aliphatic hydroxyl groups is 2. The van der Waals surface area contributed by atoms with E-state index in [0.29, 0.717) is 13.1 Å². The number of aromatic nitrogens is 2. The van der Waals surface area contributed by atoms with Crippen LogP contribution in [0.5, 0.6) is 0 Å². The van der Waals surface area contributed by atoms with E-state index in [1.165, 1.54) is 6.33 Å². The predicted octanol–water partition coefficient (Wildman–Crippen LogP) is 1.44. The molecular formula is C16H19N3O2. The van der Waals surface area contributed by atoms with Gasteiger partial charge >= 0.3 is 0 Å². The maximum Gasteiger partial charge on any atom is 0.115 e. The van der Waals surface area contributed by atoms with Gasteiger partial charge in [-0.1, -0.05) is 18.2 Å². The van der Waals surface area contributed by atoms with Crippen LogP contribution < -0.4 is 4.90 Å². The number of rotatable bonds is 7. The van der Waals surface area contributed by atoms with Gasteiger partial charge in [0, 0.05) is 25.0 Å². The molecule has 0 unspecified atom stereocenters. The van der Waals surface area contributed by atoms with Crippen LogP contribution in [0.25, 0.3) is 12.2 Å². The molecule has 5 nitrogen and oxygen atoms in total. The number of benzene rings is 1. The first-order valence-corrected chi connectivity index (χ1v) is 6.84. The van der Waals surface area contributed by atoms with Crippen molar-refractivity contribution >= 4 is 17.8 Å². The lowest BCUT2D eigenvalue weighted by molar-refractivity contribution is 0.281. The maximum atomic E-state index is 9.04. The van der Waals surface area contributed by atoms with Gasteiger partial charge in [-0.2, -0.15) is 0 Å². The van der Waals surface area contributed by atoms with Crippen LogP contribution in [-0.4, -0.2) is 46.5 Å². The van der Waals surface area contributed by atoms with Gasteiger partial charge in [0.15, 0.2) is 0 Å². The molecule has 21 heavy (non-hydrogen) atoms. The van der Waals surface area contributed by atoms with Crippen molar-refractivity contribution in [2.24, 2.45) is 0 Å². The minimum absolute atomic E-state index is 0.0648. The average Bonchev–Trinajstić information content (AvgIpc) is 2.54. The SMILES string of the molecule is OCCN(CCO)c1ccc(/C=C/c2ccncn2)cc1. The molecule has 0 saturated carbocycles. The van der Waals surface area contributed by atoms with Crippen molar-refractivity contribution in [2.45, 2.75) is 0 Å². The second-order valence-electron chi connectivity index (χ2n) is 4.49. The van der Waals surface area contributed by atoms with Gasteiger partial charge in [0.1, 0.15) is 6.33 Å². The van der Waals surface area contributed by atoms with Crippen molar-refractivity contribution in [3.05, 3.63) is 54.1 Å². The van der Waals surface area contributed by atoms with E-state index >= 15 is 0 Å². The first-order chi connectivity index (χ1) is 10.3. The fourth-order valence-corrected chi connectivity index (χ4v) is 1.99. The van der Waals surface area contributed by atoms with Crippen molar-refractivity contribution in [3.63, 3.8) is 0 Å². The van der Waals surface area contributed by atoms with Crippen LogP contribution in [0, 0.1) is 0 Å². The van der Waals surface area contributed by atoms with Crippen LogP contribution in [0.2, 0.25) is 0 Å². The summed E-state index contributed by atoms with van der Waals surface area (Å²) in [7, 11) is 0. The van der Waals surface area contributed by atoms with Gasteiger partial charge in [-0.15, -0.1) is 0 Å². The third-order valence-corrected chi connectivity index (χ3v) is 3.05. The van der Waals surface area contributed by atoms with E-state index in [9.17, 15) is 0 Å². The lowest BCUT2D eigenvalue weighted by atomic mass is 10.1. The Labute approximate surface area is 124 Å². The molecule has 0 spiro atoms. The molecule has 1 aromatic heterocycles. The Kier molecular flexibility index (Phi) is 5.87. The topological polar surface area (TPSA) is 69.5 Å². The number of hydrogen-bond donors (Lipinski definition) is 2. The van der Waals surface area contributed by atoms with Crippen molar-refractivity contribution < 1.29 is 10.2 Å². The van der Waals surface area contributed by atoms with Crippen LogP contribution in [-0.2, 0) is 0 Å². The van der Waals surface area contributed by atoms with E-state index in [1.807, 2.05) is 47.4 Å². The molecule has 0 amide bonds. The highest BCUT2D eigenvalue weighted by atomic mass is 16.3. The van der Waals surface area contributed by atoms with Crippen LogP contribution in [0.4, 0.5) is 5.69 Å². The third-order valence-electron chi connectivity index (χ3n) is 3.05. The van der Waals surface area contributed by atoms with E-state index in [2.05, 4.69) is 9.97 Å². The summed E-state index contributed by atoms with van der Waals surface area (Å²) in [5.41, 5.74) is 2.90. The van der Waals surface area contributed by atoms with E-state index in [-0.39, 0.29) is 13.2 Å². The van der Waals surface area contributed by atoms with E-state index in [0.717, 1.165) is 16.9 Å². The van der Waals surface area contributed by atoms with Gasteiger partial charge in [-0.3, -0.25) is 0 Å². The third kappa shape index (κ3) is 4.66. The van der Waals surface area contributed by atoms with Gasteiger partial charge in [0.2, 0.25) is 0 Å². The van der Waals surface area contributed by atoms with Gasteiger partial charge in [0.25, 0.3) is 0 Å². The Balaban J connectivity index is 2.06. The quantitative estimate of drug-likeness (QED) is 0.805. The minimum atomic E-state index is 0.0648. The highest BCUT2D eigenvalue weighted by molar-refractivity contribution is 5.68. The zero-order valence-electron chi connectivity index (χ0n) is 11.8. The number of hydrogen-bond acceptors (Lipinski definition) is 5. The second-order valence-corrected chi connectivity index (χ2v) is 4.49. The van der Waals surface area contributed by atoms with Crippen LogP contribution in [0.1, 0.15) is 11.3 Å². The summed E-state index contributed by atoms with van der Waals surface area (Å²) in [6.07, 6.45) is 7.13. The Hall–Kier alpha value is -2.24. The molecule has 0 aliphatic carbocycles. The first-order valence-electron chi connectivity index (χ1n) is 6.84. The number of nitrogens with zero attached hydrogens (tertiary/aromatic N) is 3. The molecule has 2 N–H and O–H groups in total. The average molecular weight is 285 g/mol. The molecule has 1 aromatic carbocycles. The van der Waals surface area contributed by atoms with Gasteiger partial charge < -0.3 is 15.1 Å². The molecule has 110 valence electrons. The number of anilines is 1. The van der Waals surface area contributed by atoms with Crippen molar-refractivity contribution in [3.8, 4) is 0 Å². The Morgan fingerprint density at radius 1 is 0.952 bits per heavy atom. The monoisotopic (exact) mass is 285 g/mol. The van der Waals surface area contributed by atoms with E-state index in [4.69, 9.17) is 10.2 Å². The Morgan fingerprint density at radius 3 is 2.24 bits per heavy atom. The van der Waals surface area contributed by atoms with Gasteiger partial charge in [0.05, 0.1) is 18.9 Å². The lowest BCUT2D eigenvalue weighted by Gasteiger charge is -2.22. The van der Waals surface area contributed by atoms with E-state index < -0.39 is 0 Å². The molecule has 0 saturated heterocycles. The molecule has 5 heteroatoms. The zero-order chi connectivity index (χ0) is 14.9. The highest BCUT2D eigenvalue weighted by Gasteiger charge is 2.04. The summed E-state index contributed by atoms with van der Waals surface area (Å²) in [5, 5.41) is 18.1. The summed E-state index contributed by atoms with van der Waals surface area (Å²) < 4.78 is 0. The van der Waals surface area contributed by atoms with Crippen molar-refractivity contribution in [2.75, 3.05) is 31.2 Å². The Morgan fingerprint density at radius 2 is 1.67 bits per heavy atom. The fourth-order valence-electron chi connectivity index (χ4n) is 1.99.